The summed E-state index contributed by atoms with van der Waals surface area (Å²) in [6.45, 7) is 0.780. The van der Waals surface area contributed by atoms with Crippen molar-refractivity contribution in [2.75, 3.05) is 18.4 Å². The number of hydrogen-bond acceptors (Lipinski definition) is 2. The quantitative estimate of drug-likeness (QED) is 0.850. The number of nitrogens with one attached hydrogen (secondary N) is 2. The number of anilines is 1. The molecule has 0 radical (unpaired) electrons. The zero-order valence-electron chi connectivity index (χ0n) is 9.30. The molecule has 3 nitrogen and oxygen atoms in total. The van der Waals surface area contributed by atoms with Gasteiger partial charge in [-0.25, -0.2) is 4.39 Å². The van der Waals surface area contributed by atoms with E-state index in [9.17, 15) is 9.18 Å². The second kappa shape index (κ2) is 5.36. The molecule has 5 heteroatoms. The Labute approximate surface area is 104 Å². The summed E-state index contributed by atoms with van der Waals surface area (Å²) in [5.41, 5.74) is 0.249. The molecule has 0 spiro atoms. The van der Waals surface area contributed by atoms with Crippen LogP contribution in [0.1, 0.15) is 12.8 Å². The molecule has 2 N–H and O–H groups in total. The summed E-state index contributed by atoms with van der Waals surface area (Å²) in [4.78, 5) is 11.4. The van der Waals surface area contributed by atoms with Gasteiger partial charge in [0.25, 0.3) is 0 Å². The lowest BCUT2D eigenvalue weighted by molar-refractivity contribution is -0.119. The van der Waals surface area contributed by atoms with Crippen molar-refractivity contribution >= 4 is 23.2 Å². The van der Waals surface area contributed by atoms with Crippen LogP contribution in [0.5, 0.6) is 0 Å². The van der Waals surface area contributed by atoms with Crippen molar-refractivity contribution in [3.8, 4) is 0 Å². The third-order valence-electron chi connectivity index (χ3n) is 2.68. The van der Waals surface area contributed by atoms with Crippen molar-refractivity contribution in [1.82, 2.24) is 5.32 Å². The van der Waals surface area contributed by atoms with Gasteiger partial charge in [-0.3, -0.25) is 4.79 Å². The van der Waals surface area contributed by atoms with Gasteiger partial charge in [0.15, 0.2) is 5.82 Å². The van der Waals surface area contributed by atoms with Crippen LogP contribution in [0.3, 0.4) is 0 Å². The van der Waals surface area contributed by atoms with Gasteiger partial charge in [-0.1, -0.05) is 17.7 Å². The van der Waals surface area contributed by atoms with Crippen LogP contribution in [0.25, 0.3) is 0 Å². The van der Waals surface area contributed by atoms with Crippen LogP contribution in [-0.4, -0.2) is 19.0 Å². The van der Waals surface area contributed by atoms with Crippen LogP contribution in [0.15, 0.2) is 18.2 Å². The lowest BCUT2D eigenvalue weighted by Crippen LogP contribution is -2.31. The largest absolute Gasteiger partial charge is 0.374 e. The minimum atomic E-state index is -0.524. The molecule has 0 unspecified atom stereocenters. The van der Waals surface area contributed by atoms with E-state index < -0.39 is 5.82 Å². The maximum atomic E-state index is 13.4. The first-order valence-corrected chi connectivity index (χ1v) is 5.99. The van der Waals surface area contributed by atoms with Gasteiger partial charge in [-0.05, 0) is 30.9 Å². The van der Waals surface area contributed by atoms with E-state index >= 15 is 0 Å². The lowest BCUT2D eigenvalue weighted by atomic mass is 10.3. The molecule has 1 amide bonds. The highest BCUT2D eigenvalue weighted by atomic mass is 35.5. The van der Waals surface area contributed by atoms with Crippen LogP contribution in [0, 0.1) is 11.7 Å². The molecular weight excluding hydrogens is 243 g/mol. The second-order valence-electron chi connectivity index (χ2n) is 4.20. The van der Waals surface area contributed by atoms with Gasteiger partial charge >= 0.3 is 0 Å². The number of carbonyl (C=O) groups excluding carboxylic acids is 1. The highest BCUT2D eigenvalue weighted by Crippen LogP contribution is 2.27. The zero-order chi connectivity index (χ0) is 12.3. The first-order valence-electron chi connectivity index (χ1n) is 5.61. The zero-order valence-corrected chi connectivity index (χ0v) is 10.1. The van der Waals surface area contributed by atoms with Crippen molar-refractivity contribution in [3.63, 3.8) is 0 Å². The van der Waals surface area contributed by atoms with Crippen molar-refractivity contribution in [2.24, 2.45) is 5.92 Å². The molecule has 0 heterocycles. The van der Waals surface area contributed by atoms with Gasteiger partial charge in [-0.2, -0.15) is 0 Å². The van der Waals surface area contributed by atoms with Crippen LogP contribution in [0.2, 0.25) is 5.02 Å². The molecule has 2 rings (SSSR count). The highest BCUT2D eigenvalue weighted by molar-refractivity contribution is 6.31. The van der Waals surface area contributed by atoms with E-state index in [4.69, 9.17) is 11.6 Å². The van der Waals surface area contributed by atoms with Gasteiger partial charge in [0.2, 0.25) is 5.91 Å². The van der Waals surface area contributed by atoms with Crippen molar-refractivity contribution < 1.29 is 9.18 Å². The monoisotopic (exact) mass is 256 g/mol. The summed E-state index contributed by atoms with van der Waals surface area (Å²) in [5.74, 6) is -0.0118. The lowest BCUT2D eigenvalue weighted by Gasteiger charge is -2.08. The van der Waals surface area contributed by atoms with Gasteiger partial charge in [0.05, 0.1) is 17.3 Å². The average Bonchev–Trinajstić information content (AvgIpc) is 3.12. The van der Waals surface area contributed by atoms with Crippen LogP contribution < -0.4 is 10.6 Å². The number of halogens is 2. The summed E-state index contributed by atoms with van der Waals surface area (Å²) in [6, 6.07) is 4.65. The summed E-state index contributed by atoms with van der Waals surface area (Å²) in [6.07, 6.45) is 2.38. The Morgan fingerprint density at radius 1 is 1.47 bits per heavy atom. The van der Waals surface area contributed by atoms with E-state index in [2.05, 4.69) is 10.6 Å². The fraction of sp³-hybridized carbons (Fsp3) is 0.417. The van der Waals surface area contributed by atoms with Gasteiger partial charge in [0.1, 0.15) is 0 Å². The Balaban J connectivity index is 1.79. The molecule has 1 aromatic carbocycles. The Bertz CT molecular complexity index is 421. The Morgan fingerprint density at radius 2 is 2.24 bits per heavy atom. The van der Waals surface area contributed by atoms with Gasteiger partial charge in [0, 0.05) is 6.54 Å². The van der Waals surface area contributed by atoms with E-state index in [0.29, 0.717) is 5.92 Å². The fourth-order valence-electron chi connectivity index (χ4n) is 1.46. The van der Waals surface area contributed by atoms with Crippen LogP contribution >= 0.6 is 11.6 Å². The topological polar surface area (TPSA) is 41.1 Å². The minimum Gasteiger partial charge on any atom is -0.374 e. The highest BCUT2D eigenvalue weighted by Gasteiger charge is 2.21. The Kier molecular flexibility index (Phi) is 3.84. The molecule has 0 saturated heterocycles. The molecule has 1 fully saturated rings. The first-order chi connectivity index (χ1) is 8.16. The molecule has 0 bridgehead atoms. The first kappa shape index (κ1) is 12.2. The molecule has 17 heavy (non-hydrogen) atoms. The molecule has 1 aromatic rings. The third kappa shape index (κ3) is 3.60. The SMILES string of the molecule is O=C(CNc1cccc(Cl)c1F)NCC1CC1. The maximum absolute atomic E-state index is 13.4. The van der Waals surface area contributed by atoms with E-state index in [1.807, 2.05) is 0 Å². The van der Waals surface area contributed by atoms with Crippen LogP contribution in [-0.2, 0) is 4.79 Å². The van der Waals surface area contributed by atoms with Crippen LogP contribution in [0.4, 0.5) is 10.1 Å². The predicted octanol–water partition coefficient (Wildman–Crippen LogP) is 2.42. The molecular formula is C12H14ClFN2O. The number of benzene rings is 1. The summed E-state index contributed by atoms with van der Waals surface area (Å²) < 4.78 is 13.4. The molecule has 92 valence electrons. The van der Waals surface area contributed by atoms with E-state index in [0.717, 1.165) is 6.54 Å². The number of amides is 1. The Hall–Kier alpha value is -1.29. The third-order valence-corrected chi connectivity index (χ3v) is 2.97. The summed E-state index contributed by atoms with van der Waals surface area (Å²) in [5, 5.41) is 5.57. The number of rotatable bonds is 5. The maximum Gasteiger partial charge on any atom is 0.239 e. The molecule has 1 aliphatic carbocycles. The van der Waals surface area contributed by atoms with Crippen molar-refractivity contribution in [1.29, 1.82) is 0 Å². The number of carbonyl (C=O) groups is 1. The fourth-order valence-corrected chi connectivity index (χ4v) is 1.63. The van der Waals surface area contributed by atoms with Gasteiger partial charge < -0.3 is 10.6 Å². The Morgan fingerprint density at radius 3 is 2.94 bits per heavy atom. The molecule has 1 saturated carbocycles. The average molecular weight is 257 g/mol. The van der Waals surface area contributed by atoms with E-state index in [1.54, 1.807) is 12.1 Å². The van der Waals surface area contributed by atoms with Crippen molar-refractivity contribution in [2.45, 2.75) is 12.8 Å². The molecule has 1 aliphatic rings. The molecule has 0 aromatic heterocycles. The van der Waals surface area contributed by atoms with Crippen molar-refractivity contribution in [3.05, 3.63) is 29.0 Å². The standard InChI is InChI=1S/C12H14ClFN2O/c13-9-2-1-3-10(12(9)14)15-7-11(17)16-6-8-4-5-8/h1-3,8,15H,4-7H2,(H,16,17). The van der Waals surface area contributed by atoms with Gasteiger partial charge in [-0.15, -0.1) is 0 Å². The smallest absolute Gasteiger partial charge is 0.239 e. The molecule has 0 aliphatic heterocycles. The minimum absolute atomic E-state index is 0.0494. The normalized spacial score (nSPS) is 14.5. The summed E-state index contributed by atoms with van der Waals surface area (Å²) in [7, 11) is 0. The second-order valence-corrected chi connectivity index (χ2v) is 4.61. The molecule has 0 atom stereocenters. The van der Waals surface area contributed by atoms with E-state index in [1.165, 1.54) is 18.9 Å². The number of hydrogen-bond donors (Lipinski definition) is 2. The summed E-state index contributed by atoms with van der Waals surface area (Å²) >= 11 is 5.62. The van der Waals surface area contributed by atoms with E-state index in [-0.39, 0.29) is 23.2 Å². The predicted molar refractivity (Wildman–Crippen MR) is 65.6 cm³/mol.